The molecule has 26 nitrogen and oxygen atoms in total. The monoisotopic (exact) mass is 1550 g/mol. The van der Waals surface area contributed by atoms with E-state index in [1.54, 1.807) is 36.4 Å². The van der Waals surface area contributed by atoms with E-state index in [0.29, 0.717) is 66.0 Å². The minimum Gasteiger partial charge on any atom is -0.744 e. The van der Waals surface area contributed by atoms with Gasteiger partial charge in [-0.2, -0.15) is 0 Å². The quantitative estimate of drug-likeness (QED) is 0.0887. The predicted octanol–water partition coefficient (Wildman–Crippen LogP) is -7.66. The van der Waals surface area contributed by atoms with E-state index in [1.165, 1.54) is 72.8 Å². The summed E-state index contributed by atoms with van der Waals surface area (Å²) in [4.78, 5) is 29.9. The van der Waals surface area contributed by atoms with Gasteiger partial charge in [0.05, 0.1) is 74.9 Å². The zero-order valence-electron chi connectivity index (χ0n) is 54.8. The van der Waals surface area contributed by atoms with E-state index < -0.39 is 90.1 Å². The van der Waals surface area contributed by atoms with Gasteiger partial charge < -0.3 is 47.3 Å². The van der Waals surface area contributed by atoms with E-state index in [9.17, 15) is 77.8 Å². The van der Waals surface area contributed by atoms with Crippen molar-refractivity contribution in [3.05, 3.63) is 170 Å². The second-order valence-corrected chi connectivity index (χ2v) is 31.7. The Labute approximate surface area is 721 Å². The molecule has 0 saturated heterocycles. The molecule has 0 radical (unpaired) electrons. The largest absolute Gasteiger partial charge is 1.00 e. The zero-order chi connectivity index (χ0) is 68.4. The first-order valence-corrected chi connectivity index (χ1v) is 37.2. The molecule has 17 rings (SSSR count). The summed E-state index contributed by atoms with van der Waals surface area (Å²) in [5.74, 6) is 0. The third-order valence-electron chi connectivity index (χ3n) is 17.7. The van der Waals surface area contributed by atoms with Gasteiger partial charge in [-0.15, -0.1) is 0 Å². The Hall–Kier alpha value is -4.72. The fourth-order valence-corrected chi connectivity index (χ4v) is 16.2. The molecule has 0 unspecified atom stereocenters. The van der Waals surface area contributed by atoms with Gasteiger partial charge in [0.25, 0.3) is 0 Å². The van der Waals surface area contributed by atoms with Crippen LogP contribution in [0.2, 0.25) is 0 Å². The fraction of sp³-hybridized carbons (Fsp3) is 0. The molecule has 7 aromatic carbocycles. The number of rotatable bonds is 6. The van der Waals surface area contributed by atoms with Crippen molar-refractivity contribution >= 4 is 148 Å². The van der Waals surface area contributed by atoms with Crippen LogP contribution in [0.4, 0.5) is 0 Å². The van der Waals surface area contributed by atoms with Gasteiger partial charge in [-0.25, -0.2) is 70.4 Å². The van der Waals surface area contributed by atoms with E-state index in [2.05, 4.69) is 19.9 Å². The van der Waals surface area contributed by atoms with Gasteiger partial charge in [0.2, 0.25) is 0 Å². The van der Waals surface area contributed by atoms with Crippen LogP contribution in [-0.2, 0) is 60.7 Å². The molecule has 38 heteroatoms. The van der Waals surface area contributed by atoms with Crippen LogP contribution in [0.15, 0.2) is 199 Å². The van der Waals surface area contributed by atoms with Crippen molar-refractivity contribution in [2.75, 3.05) is 0 Å². The van der Waals surface area contributed by atoms with Gasteiger partial charge in [0.1, 0.15) is 60.7 Å². The van der Waals surface area contributed by atoms with Crippen LogP contribution in [0, 0.1) is 0 Å². The average molecular weight is 1560 g/mol. The Morgan fingerprint density at radius 2 is 0.356 bits per heavy atom. The maximum atomic E-state index is 12.8. The number of benzene rings is 7. The van der Waals surface area contributed by atoms with Crippen molar-refractivity contribution in [1.82, 2.24) is 39.9 Å². The van der Waals surface area contributed by atoms with E-state index in [4.69, 9.17) is 19.9 Å². The van der Waals surface area contributed by atoms with E-state index >= 15 is 0 Å². The number of nitrogens with zero attached hydrogens (tertiary/aromatic N) is 4. The van der Waals surface area contributed by atoms with Crippen molar-refractivity contribution in [2.45, 2.75) is 29.4 Å². The molecule has 13 aromatic rings. The van der Waals surface area contributed by atoms with Gasteiger partial charge >= 0.3 is 177 Å². The van der Waals surface area contributed by atoms with Crippen molar-refractivity contribution in [3.8, 4) is 90.1 Å². The van der Waals surface area contributed by atoms with Crippen LogP contribution in [0.5, 0.6) is 0 Å². The third kappa shape index (κ3) is 14.1. The summed E-state index contributed by atoms with van der Waals surface area (Å²) in [6, 6.07) is 37.8. The first-order valence-electron chi connectivity index (χ1n) is 28.7. The molecule has 4 aliphatic heterocycles. The summed E-state index contributed by atoms with van der Waals surface area (Å²) < 4.78 is 228. The first-order chi connectivity index (χ1) is 46.2. The molecule has 0 aliphatic carbocycles. The van der Waals surface area contributed by atoms with Gasteiger partial charge in [0.15, 0.2) is 0 Å². The molecule has 0 amide bonds. The Morgan fingerprint density at radius 3 is 0.558 bits per heavy atom. The van der Waals surface area contributed by atoms with E-state index in [0.717, 1.165) is 60.7 Å². The molecule has 0 saturated carbocycles. The van der Waals surface area contributed by atoms with Crippen molar-refractivity contribution in [2.24, 2.45) is 0 Å². The molecule has 16 bridgehead atoms. The van der Waals surface area contributed by atoms with Gasteiger partial charge in [0, 0.05) is 132 Å². The molecule has 0 fully saturated rings. The Morgan fingerprint density at radius 1 is 0.192 bits per heavy atom. The van der Waals surface area contributed by atoms with E-state index in [-0.39, 0.29) is 289 Å². The minimum atomic E-state index is -5.11. The van der Waals surface area contributed by atoms with Crippen LogP contribution < -0.4 is 177 Å². The fourth-order valence-electron chi connectivity index (χ4n) is 13.2. The number of fused-ring (bicyclic) bond motifs is 40. The first kappa shape index (κ1) is 80.3. The molecule has 4 aliphatic rings. The van der Waals surface area contributed by atoms with Crippen molar-refractivity contribution in [3.63, 3.8) is 0 Å². The molecule has 4 N–H and O–H groups in total. The molecular formula is C66H32N8Na6O18S6. The number of aromatic nitrogens is 8. The summed E-state index contributed by atoms with van der Waals surface area (Å²) in [5, 5.41) is 2.12. The Bertz CT molecular complexity index is 6740. The van der Waals surface area contributed by atoms with Gasteiger partial charge in [-0.1, -0.05) is 36.4 Å². The molecule has 104 heavy (non-hydrogen) atoms. The number of hydrogen-bond acceptors (Lipinski definition) is 22. The molecule has 486 valence electrons. The van der Waals surface area contributed by atoms with E-state index in [1.807, 2.05) is 0 Å². The summed E-state index contributed by atoms with van der Waals surface area (Å²) in [6.07, 6.45) is 0. The Balaban J connectivity index is 0.00000180. The van der Waals surface area contributed by atoms with Gasteiger partial charge in [-0.3, -0.25) is 0 Å². The number of hydrogen-bond donors (Lipinski definition) is 4. The SMILES string of the molecule is O=S(=O)([O-])c1ccc2c(c1)-c1cc3[nH]c(cc4nc(cc5[nH]c(cc-2n1)c1cc(S(=O)(=O)[O-])ccc51)-c1cc2c(cc1-4)-c1cc4[nH]c(cc5nc(cc6[nH]c(cc-2n1)c1ccc(S(=O)(=O)[O-])cc61)-c1ccc(S(=O)(=O)[O-])cc1-5)c1ccc(S(=O)(=O)[O-])cc41)c1cc(S(=O)(=O)[O-])ccc31.[Na+].[Na+].[Na+].[Na+].[Na+].[Na+]. The van der Waals surface area contributed by atoms with Gasteiger partial charge in [-0.05, 0) is 133 Å². The number of nitrogens with one attached hydrogen (secondary N) is 4. The summed E-state index contributed by atoms with van der Waals surface area (Å²) >= 11 is 0. The smallest absolute Gasteiger partial charge is 0.744 e. The maximum Gasteiger partial charge on any atom is 1.00 e. The van der Waals surface area contributed by atoms with Crippen LogP contribution >= 0.6 is 0 Å². The van der Waals surface area contributed by atoms with Crippen LogP contribution in [0.25, 0.3) is 177 Å². The summed E-state index contributed by atoms with van der Waals surface area (Å²) in [5.41, 5.74) is 5.63. The van der Waals surface area contributed by atoms with Crippen molar-refractivity contribution < 1.29 is 255 Å². The van der Waals surface area contributed by atoms with Crippen LogP contribution in [0.3, 0.4) is 0 Å². The van der Waals surface area contributed by atoms with Crippen molar-refractivity contribution in [1.29, 1.82) is 0 Å². The minimum absolute atomic E-state index is 0. The predicted molar refractivity (Wildman–Crippen MR) is 351 cm³/mol. The third-order valence-corrected chi connectivity index (χ3v) is 22.6. The second-order valence-electron chi connectivity index (χ2n) is 23.4. The zero-order valence-corrected chi connectivity index (χ0v) is 71.7. The summed E-state index contributed by atoms with van der Waals surface area (Å²) in [7, 11) is -30.5. The maximum absolute atomic E-state index is 12.8. The topological polar surface area (TPSA) is 458 Å². The van der Waals surface area contributed by atoms with Crippen LogP contribution in [0.1, 0.15) is 0 Å². The molecule has 0 spiro atoms. The summed E-state index contributed by atoms with van der Waals surface area (Å²) in [6.45, 7) is 0. The second kappa shape index (κ2) is 28.3. The molecule has 6 aromatic heterocycles. The normalized spacial score (nSPS) is 12.5. The number of H-pyrrole nitrogens is 4. The molecule has 10 heterocycles. The standard InChI is InChI=1S/C66H38N8O18S6.6Na/c75-93(76,77)29-1-7-35-41(13-29)57-23-53-39-11-5-33(97(87,88)89)17-45(39)61(71-53)27-65-49-20-50-48(19-47(49)63(73-65)25-55-37-9-3-31(95(81,82)83)15-43(37)59(69-55)21-51(35)67-57)64-26-56-38-10-4-32(96(84,85)86)16-44(38)60(70-56)22-52-36-8-2-30(94(78,79)80)14-42(36)58(68-52)24-54-40-12-6-34(98(90,91)92)18-46(40)62(72-54)28-66(50)74-64;;;;;;/h1-28,69-72H,(H,75,76,77)(H,78,79,80)(H,81,82,83)(H,84,85,86)(H,87,88,89)(H,90,91,92);;;;;;/q;6*+1/p-6. The molecular weight excluding hydrogens is 1520 g/mol. The Kier molecular flexibility index (Phi) is 21.9. The average Bonchev–Trinajstić information content (AvgIpc) is 1.56. The molecule has 0 atom stereocenters. The number of aromatic amines is 4. The van der Waals surface area contributed by atoms with Crippen LogP contribution in [-0.4, -0.2) is 118 Å².